The van der Waals surface area contributed by atoms with Gasteiger partial charge in [0.2, 0.25) is 5.91 Å². The lowest BCUT2D eigenvalue weighted by Crippen LogP contribution is -2.52. The van der Waals surface area contributed by atoms with Gasteiger partial charge >= 0.3 is 0 Å². The summed E-state index contributed by atoms with van der Waals surface area (Å²) in [6.07, 6.45) is 2.76. The van der Waals surface area contributed by atoms with E-state index < -0.39 is 51.4 Å². The fourth-order valence-electron chi connectivity index (χ4n) is 3.67. The van der Waals surface area contributed by atoms with Crippen LogP contribution in [0.2, 0.25) is 0 Å². The molecule has 1 unspecified atom stereocenters. The highest BCUT2D eigenvalue weighted by Crippen LogP contribution is 2.40. The molecule has 0 spiro atoms. The number of nitrogens with one attached hydrogen (secondary N) is 1. The van der Waals surface area contributed by atoms with E-state index in [1.54, 1.807) is 11.8 Å². The summed E-state index contributed by atoms with van der Waals surface area (Å²) in [5.74, 6) is -5.56. The number of halogens is 3. The zero-order chi connectivity index (χ0) is 24.4. The van der Waals surface area contributed by atoms with E-state index in [2.05, 4.69) is 10.3 Å². The number of aryl methyl sites for hydroxylation is 1. The number of nitrogens with zero attached hydrogens (tertiary/aromatic N) is 3. The summed E-state index contributed by atoms with van der Waals surface area (Å²) in [4.78, 5) is 30.0. The fraction of sp³-hybridized carbons (Fsp3) is 0.476. The normalized spacial score (nSPS) is 19.7. The Hall–Kier alpha value is -2.73. The molecule has 33 heavy (non-hydrogen) atoms. The van der Waals surface area contributed by atoms with Crippen LogP contribution in [-0.2, 0) is 21.2 Å². The SMILES string of the molecule is C[C@@H](C(=O)Nc1ccc(F)cn1)N1CCC(F)(F)C(c2ccc(=O)n(CCS(C)(=O)=O)c2)C1. The maximum atomic E-state index is 14.8. The number of alkyl halides is 2. The summed E-state index contributed by atoms with van der Waals surface area (Å²) in [7, 11) is -3.34. The highest BCUT2D eigenvalue weighted by atomic mass is 32.2. The summed E-state index contributed by atoms with van der Waals surface area (Å²) in [6, 6.07) is 4.12. The van der Waals surface area contributed by atoms with E-state index in [-0.39, 0.29) is 36.8 Å². The van der Waals surface area contributed by atoms with Crippen molar-refractivity contribution in [2.75, 3.05) is 30.4 Å². The molecule has 1 N–H and O–H groups in total. The van der Waals surface area contributed by atoms with Crippen molar-refractivity contribution in [3.63, 3.8) is 0 Å². The molecule has 3 rings (SSSR count). The Kier molecular flexibility index (Phi) is 7.27. The minimum absolute atomic E-state index is 0.0251. The van der Waals surface area contributed by atoms with Gasteiger partial charge in [-0.3, -0.25) is 14.5 Å². The highest BCUT2D eigenvalue weighted by Gasteiger charge is 2.46. The second-order valence-corrected chi connectivity index (χ2v) is 10.5. The first-order chi connectivity index (χ1) is 15.4. The molecule has 0 radical (unpaired) electrons. The Morgan fingerprint density at radius 2 is 2.03 bits per heavy atom. The number of carbonyl (C=O) groups excluding carboxylic acids is 1. The van der Waals surface area contributed by atoms with Crippen LogP contribution in [0, 0.1) is 5.82 Å². The number of likely N-dealkylation sites (tertiary alicyclic amines) is 1. The van der Waals surface area contributed by atoms with Crippen LogP contribution >= 0.6 is 0 Å². The Balaban J connectivity index is 1.77. The number of hydrogen-bond donors (Lipinski definition) is 1. The zero-order valence-corrected chi connectivity index (χ0v) is 19.0. The van der Waals surface area contributed by atoms with Gasteiger partial charge in [-0.05, 0) is 24.6 Å². The van der Waals surface area contributed by atoms with Gasteiger partial charge in [-0.15, -0.1) is 0 Å². The first kappa shape index (κ1) is 24.9. The van der Waals surface area contributed by atoms with Crippen molar-refractivity contribution in [2.24, 2.45) is 0 Å². The Morgan fingerprint density at radius 3 is 2.67 bits per heavy atom. The van der Waals surface area contributed by atoms with Crippen molar-refractivity contribution in [1.29, 1.82) is 0 Å². The number of piperidine rings is 1. The third-order valence-electron chi connectivity index (χ3n) is 5.68. The molecule has 12 heteroatoms. The monoisotopic (exact) mass is 486 g/mol. The number of pyridine rings is 2. The third-order valence-corrected chi connectivity index (χ3v) is 6.60. The first-order valence-electron chi connectivity index (χ1n) is 10.3. The molecular formula is C21H25F3N4O4S. The molecule has 8 nitrogen and oxygen atoms in total. The molecule has 0 aromatic carbocycles. The van der Waals surface area contributed by atoms with E-state index >= 15 is 0 Å². The Morgan fingerprint density at radius 1 is 1.30 bits per heavy atom. The fourth-order valence-corrected chi connectivity index (χ4v) is 4.20. The second kappa shape index (κ2) is 9.64. The van der Waals surface area contributed by atoms with Crippen molar-refractivity contribution in [1.82, 2.24) is 14.5 Å². The van der Waals surface area contributed by atoms with Crippen LogP contribution in [-0.4, -0.2) is 65.8 Å². The number of sulfone groups is 1. The molecular weight excluding hydrogens is 461 g/mol. The predicted molar refractivity (Wildman–Crippen MR) is 117 cm³/mol. The minimum Gasteiger partial charge on any atom is -0.314 e. The smallest absolute Gasteiger partial charge is 0.257 e. The van der Waals surface area contributed by atoms with Gasteiger partial charge in [0.15, 0.2) is 0 Å². The van der Waals surface area contributed by atoms with Gasteiger partial charge in [-0.2, -0.15) is 0 Å². The van der Waals surface area contributed by atoms with Crippen LogP contribution in [0.15, 0.2) is 41.5 Å². The minimum atomic E-state index is -3.34. The molecule has 1 aliphatic rings. The highest BCUT2D eigenvalue weighted by molar-refractivity contribution is 7.90. The largest absolute Gasteiger partial charge is 0.314 e. The van der Waals surface area contributed by atoms with Gasteiger partial charge in [-0.25, -0.2) is 26.6 Å². The van der Waals surface area contributed by atoms with Gasteiger partial charge in [0.25, 0.3) is 11.5 Å². The van der Waals surface area contributed by atoms with Crippen LogP contribution in [0.4, 0.5) is 19.0 Å². The van der Waals surface area contributed by atoms with Gasteiger partial charge < -0.3 is 9.88 Å². The van der Waals surface area contributed by atoms with Gasteiger partial charge in [-0.1, -0.05) is 6.07 Å². The molecule has 2 atom stereocenters. The van der Waals surface area contributed by atoms with Crippen molar-refractivity contribution in [3.05, 3.63) is 58.4 Å². The number of amides is 1. The molecule has 0 saturated carbocycles. The zero-order valence-electron chi connectivity index (χ0n) is 18.2. The van der Waals surface area contributed by atoms with Crippen LogP contribution in [0.25, 0.3) is 0 Å². The van der Waals surface area contributed by atoms with E-state index in [0.717, 1.165) is 29.2 Å². The van der Waals surface area contributed by atoms with Crippen LogP contribution in [0.5, 0.6) is 0 Å². The molecule has 1 aliphatic heterocycles. The van der Waals surface area contributed by atoms with Crippen molar-refractivity contribution >= 4 is 21.6 Å². The van der Waals surface area contributed by atoms with Crippen molar-refractivity contribution in [2.45, 2.75) is 37.8 Å². The van der Waals surface area contributed by atoms with E-state index in [1.165, 1.54) is 18.3 Å². The van der Waals surface area contributed by atoms with Crippen LogP contribution in [0.3, 0.4) is 0 Å². The first-order valence-corrected chi connectivity index (χ1v) is 12.3. The van der Waals surface area contributed by atoms with Crippen LogP contribution in [0.1, 0.15) is 24.8 Å². The van der Waals surface area contributed by atoms with Crippen LogP contribution < -0.4 is 10.9 Å². The summed E-state index contributed by atoms with van der Waals surface area (Å²) < 4.78 is 66.6. The summed E-state index contributed by atoms with van der Waals surface area (Å²) in [5.41, 5.74) is -0.302. The number of aromatic nitrogens is 2. The molecule has 1 fully saturated rings. The number of anilines is 1. The second-order valence-electron chi connectivity index (χ2n) is 8.21. The number of rotatable bonds is 7. The van der Waals surface area contributed by atoms with Gasteiger partial charge in [0, 0.05) is 44.6 Å². The molecule has 1 saturated heterocycles. The lowest BCUT2D eigenvalue weighted by molar-refractivity contribution is -0.125. The van der Waals surface area contributed by atoms with Gasteiger partial charge in [0.05, 0.1) is 23.9 Å². The number of carbonyl (C=O) groups is 1. The average Bonchev–Trinajstić information content (AvgIpc) is 2.73. The molecule has 2 aromatic heterocycles. The topological polar surface area (TPSA) is 101 Å². The molecule has 2 aromatic rings. The van der Waals surface area contributed by atoms with Gasteiger partial charge in [0.1, 0.15) is 21.5 Å². The molecule has 0 bridgehead atoms. The summed E-state index contributed by atoms with van der Waals surface area (Å²) >= 11 is 0. The quantitative estimate of drug-likeness (QED) is 0.641. The van der Waals surface area contributed by atoms with Crippen molar-refractivity contribution in [3.8, 4) is 0 Å². The predicted octanol–water partition coefficient (Wildman–Crippen LogP) is 1.88. The lowest BCUT2D eigenvalue weighted by Gasteiger charge is -2.40. The number of hydrogen-bond acceptors (Lipinski definition) is 6. The standard InChI is InChI=1S/C21H25F3N4O4S/c1-14(20(30)26-18-5-4-16(22)11-25-18)27-8-7-21(23,24)17(13-27)15-3-6-19(29)28(12-15)9-10-33(2,31)32/h3-6,11-12,14,17H,7-10,13H2,1-2H3,(H,25,26,30)/t14-,17?/m0/s1. The Bertz CT molecular complexity index is 1170. The molecule has 1 amide bonds. The maximum Gasteiger partial charge on any atom is 0.257 e. The summed E-state index contributed by atoms with van der Waals surface area (Å²) in [6.45, 7) is 1.26. The summed E-state index contributed by atoms with van der Waals surface area (Å²) in [5, 5.41) is 2.54. The molecule has 0 aliphatic carbocycles. The maximum absolute atomic E-state index is 14.8. The molecule has 180 valence electrons. The average molecular weight is 487 g/mol. The molecule has 3 heterocycles. The van der Waals surface area contributed by atoms with E-state index in [1.807, 2.05) is 0 Å². The third kappa shape index (κ3) is 6.41. The van der Waals surface area contributed by atoms with E-state index in [4.69, 9.17) is 0 Å². The lowest BCUT2D eigenvalue weighted by atomic mass is 9.87. The van der Waals surface area contributed by atoms with E-state index in [0.29, 0.717) is 0 Å². The Labute approximate surface area is 189 Å². The van der Waals surface area contributed by atoms with E-state index in [9.17, 15) is 31.2 Å². The van der Waals surface area contributed by atoms with Crippen molar-refractivity contribution < 1.29 is 26.4 Å².